The zero-order valence-corrected chi connectivity index (χ0v) is 10.3. The van der Waals surface area contributed by atoms with Crippen LogP contribution in [0.25, 0.3) is 5.65 Å². The second kappa shape index (κ2) is 3.45. The van der Waals surface area contributed by atoms with Crippen LogP contribution in [0, 0.1) is 6.92 Å². The lowest BCUT2D eigenvalue weighted by Crippen LogP contribution is -1.97. The molecule has 2 aromatic rings. The minimum atomic E-state index is 0.570. The van der Waals surface area contributed by atoms with Gasteiger partial charge in [0.05, 0.1) is 0 Å². The first-order valence-electron chi connectivity index (χ1n) is 5.75. The normalized spacial score (nSPS) is 15.9. The summed E-state index contributed by atoms with van der Waals surface area (Å²) in [4.78, 5) is 4.61. The third kappa shape index (κ3) is 1.42. The van der Waals surface area contributed by atoms with E-state index < -0.39 is 0 Å². The standard InChI is InChI=1S/C12H14ClN3/c1-3-8-6-7(2)10(13)16-12(8)14-11(15-16)9-4-5-9/h6,9H,3-5H2,1-2H3. The minimum Gasteiger partial charge on any atom is -0.211 e. The maximum atomic E-state index is 6.25. The van der Waals surface area contributed by atoms with E-state index in [2.05, 4.69) is 23.1 Å². The van der Waals surface area contributed by atoms with Crippen molar-refractivity contribution < 1.29 is 0 Å². The molecule has 3 rings (SSSR count). The number of hydrogen-bond donors (Lipinski definition) is 0. The first kappa shape index (κ1) is 10.1. The molecule has 0 atom stereocenters. The molecule has 16 heavy (non-hydrogen) atoms. The zero-order valence-electron chi connectivity index (χ0n) is 9.50. The van der Waals surface area contributed by atoms with Gasteiger partial charge in [-0.3, -0.25) is 0 Å². The van der Waals surface area contributed by atoms with E-state index in [9.17, 15) is 0 Å². The van der Waals surface area contributed by atoms with E-state index in [0.717, 1.165) is 23.5 Å². The Bertz CT molecular complexity index is 555. The van der Waals surface area contributed by atoms with Gasteiger partial charge >= 0.3 is 0 Å². The lowest BCUT2D eigenvalue weighted by atomic mass is 10.1. The molecule has 0 saturated heterocycles. The Balaban J connectivity index is 2.29. The van der Waals surface area contributed by atoms with Crippen LogP contribution in [-0.2, 0) is 6.42 Å². The van der Waals surface area contributed by atoms with Gasteiger partial charge in [0, 0.05) is 5.92 Å². The molecule has 0 aromatic carbocycles. The van der Waals surface area contributed by atoms with Gasteiger partial charge in [-0.25, -0.2) is 9.50 Å². The highest BCUT2D eigenvalue weighted by molar-refractivity contribution is 6.30. The van der Waals surface area contributed by atoms with Gasteiger partial charge in [-0.2, -0.15) is 0 Å². The molecule has 1 aliphatic carbocycles. The average molecular weight is 236 g/mol. The van der Waals surface area contributed by atoms with Crippen LogP contribution in [0.4, 0.5) is 0 Å². The van der Waals surface area contributed by atoms with Gasteiger partial charge in [-0.1, -0.05) is 18.5 Å². The average Bonchev–Trinajstić information content (AvgIpc) is 3.03. The van der Waals surface area contributed by atoms with Crippen molar-refractivity contribution in [3.8, 4) is 0 Å². The van der Waals surface area contributed by atoms with Crippen LogP contribution in [0.1, 0.15) is 42.6 Å². The van der Waals surface area contributed by atoms with E-state index in [1.807, 2.05) is 6.92 Å². The number of halogens is 1. The molecular weight excluding hydrogens is 222 g/mol. The van der Waals surface area contributed by atoms with Gasteiger partial charge < -0.3 is 0 Å². The fourth-order valence-electron chi connectivity index (χ4n) is 2.00. The Morgan fingerprint density at radius 2 is 2.25 bits per heavy atom. The maximum absolute atomic E-state index is 6.25. The Morgan fingerprint density at radius 3 is 2.88 bits per heavy atom. The molecule has 1 saturated carbocycles. The number of hydrogen-bond acceptors (Lipinski definition) is 2. The number of pyridine rings is 1. The Labute approximate surface area is 99.4 Å². The molecule has 0 aliphatic heterocycles. The van der Waals surface area contributed by atoms with Gasteiger partial charge in [0.25, 0.3) is 0 Å². The van der Waals surface area contributed by atoms with E-state index in [-0.39, 0.29) is 0 Å². The number of aromatic nitrogens is 3. The highest BCUT2D eigenvalue weighted by Gasteiger charge is 2.28. The molecule has 0 spiro atoms. The fraction of sp³-hybridized carbons (Fsp3) is 0.500. The Morgan fingerprint density at radius 1 is 1.50 bits per heavy atom. The Kier molecular flexibility index (Phi) is 2.18. The smallest absolute Gasteiger partial charge is 0.160 e. The fourth-order valence-corrected chi connectivity index (χ4v) is 2.17. The van der Waals surface area contributed by atoms with Crippen molar-refractivity contribution in [3.63, 3.8) is 0 Å². The molecule has 0 N–H and O–H groups in total. The predicted molar refractivity (Wildman–Crippen MR) is 64.1 cm³/mol. The van der Waals surface area contributed by atoms with Crippen LogP contribution in [0.3, 0.4) is 0 Å². The molecule has 3 nitrogen and oxygen atoms in total. The van der Waals surface area contributed by atoms with Crippen molar-refractivity contribution in [2.45, 2.75) is 39.0 Å². The predicted octanol–water partition coefficient (Wildman–Crippen LogP) is 3.13. The third-order valence-corrected chi connectivity index (χ3v) is 3.59. The number of nitrogens with zero attached hydrogens (tertiary/aromatic N) is 3. The van der Waals surface area contributed by atoms with Crippen LogP contribution < -0.4 is 0 Å². The SMILES string of the molecule is CCc1cc(C)c(Cl)n2nc(C3CC3)nc12. The first-order chi connectivity index (χ1) is 7.70. The molecule has 0 amide bonds. The van der Waals surface area contributed by atoms with E-state index >= 15 is 0 Å². The van der Waals surface area contributed by atoms with Crippen molar-refractivity contribution >= 4 is 17.2 Å². The van der Waals surface area contributed by atoms with Gasteiger partial charge in [0.15, 0.2) is 11.5 Å². The van der Waals surface area contributed by atoms with Crippen molar-refractivity contribution in [3.05, 3.63) is 28.2 Å². The summed E-state index contributed by atoms with van der Waals surface area (Å²) in [6.07, 6.45) is 3.40. The van der Waals surface area contributed by atoms with E-state index in [1.165, 1.54) is 18.4 Å². The van der Waals surface area contributed by atoms with Crippen LogP contribution in [-0.4, -0.2) is 14.6 Å². The monoisotopic (exact) mass is 235 g/mol. The summed E-state index contributed by atoms with van der Waals surface area (Å²) < 4.78 is 1.80. The van der Waals surface area contributed by atoms with Crippen molar-refractivity contribution in [1.29, 1.82) is 0 Å². The lowest BCUT2D eigenvalue weighted by Gasteiger charge is -2.04. The van der Waals surface area contributed by atoms with E-state index in [1.54, 1.807) is 4.52 Å². The van der Waals surface area contributed by atoms with E-state index in [4.69, 9.17) is 11.6 Å². The summed E-state index contributed by atoms with van der Waals surface area (Å²) >= 11 is 6.25. The molecular formula is C12H14ClN3. The molecule has 84 valence electrons. The molecule has 0 bridgehead atoms. The molecule has 0 unspecified atom stereocenters. The molecule has 1 aliphatic rings. The largest absolute Gasteiger partial charge is 0.211 e. The number of aryl methyl sites for hydroxylation is 2. The second-order valence-electron chi connectivity index (χ2n) is 4.48. The first-order valence-corrected chi connectivity index (χ1v) is 6.13. The minimum absolute atomic E-state index is 0.570. The van der Waals surface area contributed by atoms with Gasteiger partial charge in [-0.15, -0.1) is 5.10 Å². The van der Waals surface area contributed by atoms with Crippen LogP contribution >= 0.6 is 11.6 Å². The molecule has 1 fully saturated rings. The summed E-state index contributed by atoms with van der Waals surface area (Å²) in [5.41, 5.74) is 3.22. The van der Waals surface area contributed by atoms with Crippen molar-refractivity contribution in [2.24, 2.45) is 0 Å². The maximum Gasteiger partial charge on any atom is 0.160 e. The highest BCUT2D eigenvalue weighted by Crippen LogP contribution is 2.38. The van der Waals surface area contributed by atoms with Gasteiger partial charge in [0.2, 0.25) is 0 Å². The van der Waals surface area contributed by atoms with Crippen LogP contribution in [0.5, 0.6) is 0 Å². The molecule has 2 aromatic heterocycles. The van der Waals surface area contributed by atoms with Crippen molar-refractivity contribution in [1.82, 2.24) is 14.6 Å². The topological polar surface area (TPSA) is 30.2 Å². The molecule has 2 heterocycles. The number of fused-ring (bicyclic) bond motifs is 1. The summed E-state index contributed by atoms with van der Waals surface area (Å²) in [7, 11) is 0. The van der Waals surface area contributed by atoms with Gasteiger partial charge in [-0.05, 0) is 43.4 Å². The van der Waals surface area contributed by atoms with E-state index in [0.29, 0.717) is 11.1 Å². The number of rotatable bonds is 2. The highest BCUT2D eigenvalue weighted by atomic mass is 35.5. The Hall–Kier alpha value is -1.09. The summed E-state index contributed by atoms with van der Waals surface area (Å²) in [5.74, 6) is 1.53. The summed E-state index contributed by atoms with van der Waals surface area (Å²) in [5, 5.41) is 5.20. The van der Waals surface area contributed by atoms with Crippen LogP contribution in [0.2, 0.25) is 5.15 Å². The summed E-state index contributed by atoms with van der Waals surface area (Å²) in [6.45, 7) is 4.15. The lowest BCUT2D eigenvalue weighted by molar-refractivity contribution is 0.871. The second-order valence-corrected chi connectivity index (χ2v) is 4.83. The molecule has 4 heteroatoms. The van der Waals surface area contributed by atoms with Crippen LogP contribution in [0.15, 0.2) is 6.07 Å². The quantitative estimate of drug-likeness (QED) is 0.749. The van der Waals surface area contributed by atoms with Gasteiger partial charge in [0.1, 0.15) is 5.15 Å². The third-order valence-electron chi connectivity index (χ3n) is 3.14. The molecule has 0 radical (unpaired) electrons. The zero-order chi connectivity index (χ0) is 11.3. The van der Waals surface area contributed by atoms with Crippen molar-refractivity contribution in [2.75, 3.05) is 0 Å². The summed E-state index contributed by atoms with van der Waals surface area (Å²) in [6, 6.07) is 2.11.